The van der Waals surface area contributed by atoms with E-state index in [1.54, 1.807) is 7.05 Å². The molecule has 0 aromatic heterocycles. The molecule has 2 saturated heterocycles. The van der Waals surface area contributed by atoms with Gasteiger partial charge in [0.05, 0.1) is 11.5 Å². The number of piperidine rings is 1. The Morgan fingerprint density at radius 3 is 2.38 bits per heavy atom. The van der Waals surface area contributed by atoms with Gasteiger partial charge in [-0.15, -0.1) is 0 Å². The fraction of sp³-hybridized carbons (Fsp3) is 0.947. The molecule has 3 fully saturated rings. The van der Waals surface area contributed by atoms with Crippen molar-refractivity contribution in [2.24, 2.45) is 10.9 Å². The molecule has 2 N–H and O–H groups in total. The van der Waals surface area contributed by atoms with Crippen molar-refractivity contribution in [1.29, 1.82) is 0 Å². The Labute approximate surface area is 159 Å². The van der Waals surface area contributed by atoms with Crippen molar-refractivity contribution in [1.82, 2.24) is 15.5 Å². The quantitative estimate of drug-likeness (QED) is 0.558. The van der Waals surface area contributed by atoms with Gasteiger partial charge in [-0.2, -0.15) is 0 Å². The summed E-state index contributed by atoms with van der Waals surface area (Å²) in [4.78, 5) is 7.11. The summed E-state index contributed by atoms with van der Waals surface area (Å²) in [5.74, 6) is 1.68. The first-order valence-corrected chi connectivity index (χ1v) is 12.3. The minimum absolute atomic E-state index is 0.212. The van der Waals surface area contributed by atoms with Gasteiger partial charge in [-0.3, -0.25) is 9.89 Å². The minimum atomic E-state index is -2.81. The van der Waals surface area contributed by atoms with Crippen LogP contribution >= 0.6 is 0 Å². The van der Waals surface area contributed by atoms with Gasteiger partial charge in [0, 0.05) is 25.7 Å². The molecule has 1 saturated carbocycles. The highest BCUT2D eigenvalue weighted by atomic mass is 32.2. The van der Waals surface area contributed by atoms with E-state index in [-0.39, 0.29) is 11.5 Å². The maximum atomic E-state index is 11.6. The Morgan fingerprint density at radius 1 is 1.08 bits per heavy atom. The number of hydrogen-bond acceptors (Lipinski definition) is 4. The van der Waals surface area contributed by atoms with Crippen LogP contribution in [0, 0.1) is 5.92 Å². The molecule has 3 rings (SSSR count). The van der Waals surface area contributed by atoms with Gasteiger partial charge < -0.3 is 10.6 Å². The number of nitrogens with zero attached hydrogens (tertiary/aromatic N) is 2. The highest BCUT2D eigenvalue weighted by molar-refractivity contribution is 7.91. The third-order valence-corrected chi connectivity index (χ3v) is 8.34. The average molecular weight is 385 g/mol. The van der Waals surface area contributed by atoms with Crippen molar-refractivity contribution in [3.63, 3.8) is 0 Å². The summed E-state index contributed by atoms with van der Waals surface area (Å²) in [5.41, 5.74) is 0.271. The predicted octanol–water partition coefficient (Wildman–Crippen LogP) is 1.77. The first-order chi connectivity index (χ1) is 12.5. The monoisotopic (exact) mass is 384 g/mol. The van der Waals surface area contributed by atoms with Crippen LogP contribution < -0.4 is 10.6 Å². The molecule has 0 amide bonds. The third kappa shape index (κ3) is 5.12. The molecule has 1 unspecified atom stereocenters. The number of aliphatic imine (C=N–C) groups is 1. The average Bonchev–Trinajstić information content (AvgIpc) is 3.02. The second-order valence-corrected chi connectivity index (χ2v) is 10.6. The van der Waals surface area contributed by atoms with Crippen molar-refractivity contribution in [2.75, 3.05) is 44.7 Å². The molecule has 1 atom stereocenters. The van der Waals surface area contributed by atoms with Crippen molar-refractivity contribution in [2.45, 2.75) is 63.3 Å². The number of hydrogen-bond donors (Lipinski definition) is 2. The van der Waals surface area contributed by atoms with Crippen LogP contribution in [0.5, 0.6) is 0 Å². The van der Waals surface area contributed by atoms with Gasteiger partial charge in [-0.05, 0) is 51.1 Å². The van der Waals surface area contributed by atoms with Crippen LogP contribution in [0.1, 0.15) is 57.8 Å². The predicted molar refractivity (Wildman–Crippen MR) is 107 cm³/mol. The SMILES string of the molecule is CN=C(NCC1CCS(=O)(=O)C1)NCC1(N2CCCCC2)CCCCC1. The molecule has 150 valence electrons. The molecule has 7 heteroatoms. The van der Waals surface area contributed by atoms with E-state index >= 15 is 0 Å². The second kappa shape index (κ2) is 8.91. The standard InChI is InChI=1S/C19H36N4O2S/c1-20-18(21-14-17-8-13-26(24,25)15-17)22-16-19(9-4-2-5-10-19)23-11-6-3-7-12-23/h17H,2-16H2,1H3,(H2,20,21,22). The molecule has 0 bridgehead atoms. The smallest absolute Gasteiger partial charge is 0.191 e. The summed E-state index contributed by atoms with van der Waals surface area (Å²) in [5, 5.41) is 6.93. The molecule has 2 heterocycles. The zero-order valence-electron chi connectivity index (χ0n) is 16.3. The highest BCUT2D eigenvalue weighted by Gasteiger charge is 2.38. The molecule has 1 aliphatic carbocycles. The van der Waals surface area contributed by atoms with Crippen molar-refractivity contribution >= 4 is 15.8 Å². The maximum absolute atomic E-state index is 11.6. The van der Waals surface area contributed by atoms with Gasteiger partial charge in [0.25, 0.3) is 0 Å². The summed E-state index contributed by atoms with van der Waals surface area (Å²) >= 11 is 0. The van der Waals surface area contributed by atoms with E-state index < -0.39 is 9.84 Å². The Hall–Kier alpha value is -0.820. The van der Waals surface area contributed by atoms with Crippen LogP contribution in [-0.2, 0) is 9.84 Å². The topological polar surface area (TPSA) is 73.8 Å². The Morgan fingerprint density at radius 2 is 1.77 bits per heavy atom. The van der Waals surface area contributed by atoms with Crippen molar-refractivity contribution in [3.05, 3.63) is 0 Å². The Balaban J connectivity index is 1.53. The van der Waals surface area contributed by atoms with Gasteiger partial charge in [0.15, 0.2) is 15.8 Å². The number of sulfone groups is 1. The van der Waals surface area contributed by atoms with E-state index in [1.807, 2.05) is 0 Å². The Kier molecular flexibility index (Phi) is 6.83. The van der Waals surface area contributed by atoms with Gasteiger partial charge in [-0.25, -0.2) is 8.42 Å². The molecule has 0 radical (unpaired) electrons. The summed E-state index contributed by atoms with van der Waals surface area (Å²) in [6, 6.07) is 0. The van der Waals surface area contributed by atoms with E-state index in [0.29, 0.717) is 18.1 Å². The van der Waals surface area contributed by atoms with Crippen LogP contribution in [0.15, 0.2) is 4.99 Å². The van der Waals surface area contributed by atoms with Crippen LogP contribution in [0.2, 0.25) is 0 Å². The number of guanidine groups is 1. The molecular formula is C19H36N4O2S. The largest absolute Gasteiger partial charge is 0.356 e. The second-order valence-electron chi connectivity index (χ2n) is 8.41. The van der Waals surface area contributed by atoms with E-state index in [2.05, 4.69) is 20.5 Å². The molecule has 0 spiro atoms. The van der Waals surface area contributed by atoms with E-state index in [0.717, 1.165) is 18.9 Å². The normalized spacial score (nSPS) is 29.4. The van der Waals surface area contributed by atoms with Gasteiger partial charge in [-0.1, -0.05) is 25.7 Å². The number of rotatable bonds is 5. The summed E-state index contributed by atoms with van der Waals surface area (Å²) in [6.07, 6.45) is 11.3. The summed E-state index contributed by atoms with van der Waals surface area (Å²) < 4.78 is 23.3. The lowest BCUT2D eigenvalue weighted by Gasteiger charge is -2.48. The number of likely N-dealkylation sites (tertiary alicyclic amines) is 1. The van der Waals surface area contributed by atoms with Gasteiger partial charge in [0.1, 0.15) is 0 Å². The molecule has 0 aromatic rings. The van der Waals surface area contributed by atoms with Crippen molar-refractivity contribution < 1.29 is 8.42 Å². The van der Waals surface area contributed by atoms with Crippen LogP contribution in [0.25, 0.3) is 0 Å². The lowest BCUT2D eigenvalue weighted by Crippen LogP contribution is -2.59. The fourth-order valence-corrected chi connectivity index (χ4v) is 6.79. The van der Waals surface area contributed by atoms with Crippen LogP contribution in [0.3, 0.4) is 0 Å². The van der Waals surface area contributed by atoms with Gasteiger partial charge in [0.2, 0.25) is 0 Å². The van der Waals surface area contributed by atoms with Gasteiger partial charge >= 0.3 is 0 Å². The van der Waals surface area contributed by atoms with Crippen LogP contribution in [0.4, 0.5) is 0 Å². The fourth-order valence-electron chi connectivity index (χ4n) is 4.93. The zero-order valence-corrected chi connectivity index (χ0v) is 17.1. The van der Waals surface area contributed by atoms with E-state index in [9.17, 15) is 8.42 Å². The summed E-state index contributed by atoms with van der Waals surface area (Å²) in [7, 11) is -1.01. The maximum Gasteiger partial charge on any atom is 0.191 e. The lowest BCUT2D eigenvalue weighted by atomic mass is 9.79. The molecule has 3 aliphatic rings. The lowest BCUT2D eigenvalue weighted by molar-refractivity contribution is 0.0368. The zero-order chi connectivity index (χ0) is 18.5. The molecular weight excluding hydrogens is 348 g/mol. The minimum Gasteiger partial charge on any atom is -0.356 e. The van der Waals surface area contributed by atoms with E-state index in [1.165, 1.54) is 64.5 Å². The third-order valence-electron chi connectivity index (χ3n) is 6.50. The van der Waals surface area contributed by atoms with Crippen molar-refractivity contribution in [3.8, 4) is 0 Å². The molecule has 6 nitrogen and oxygen atoms in total. The molecule has 26 heavy (non-hydrogen) atoms. The molecule has 2 aliphatic heterocycles. The molecule has 0 aromatic carbocycles. The Bertz CT molecular complexity index is 578. The van der Waals surface area contributed by atoms with Crippen LogP contribution in [-0.4, -0.2) is 69.5 Å². The van der Waals surface area contributed by atoms with E-state index in [4.69, 9.17) is 0 Å². The summed E-state index contributed by atoms with van der Waals surface area (Å²) in [6.45, 7) is 4.09. The highest BCUT2D eigenvalue weighted by Crippen LogP contribution is 2.35. The first-order valence-electron chi connectivity index (χ1n) is 10.4. The number of nitrogens with one attached hydrogen (secondary N) is 2. The first kappa shape index (κ1) is 19.9.